The van der Waals surface area contributed by atoms with Crippen LogP contribution in [0.2, 0.25) is 0 Å². The van der Waals surface area contributed by atoms with E-state index in [4.69, 9.17) is 5.73 Å². The minimum absolute atomic E-state index is 0.520. The number of nitrogen functional groups attached to an aromatic ring is 1. The fraction of sp³-hybridized carbons (Fsp3) is 0.600. The van der Waals surface area contributed by atoms with Gasteiger partial charge in [-0.05, 0) is 36.0 Å². The number of hydrogen-bond acceptors (Lipinski definition) is 2. The summed E-state index contributed by atoms with van der Waals surface area (Å²) < 4.78 is 0. The van der Waals surface area contributed by atoms with E-state index in [2.05, 4.69) is 24.4 Å². The molecule has 0 atom stereocenters. The molecular formula is C15H24N2. The van der Waals surface area contributed by atoms with Gasteiger partial charge in [-0.15, -0.1) is 0 Å². The van der Waals surface area contributed by atoms with E-state index in [1.165, 1.54) is 37.7 Å². The smallest absolute Gasteiger partial charge is 0.0314 e. The summed E-state index contributed by atoms with van der Waals surface area (Å²) in [5.41, 5.74) is 8.35. The van der Waals surface area contributed by atoms with Crippen molar-refractivity contribution in [2.45, 2.75) is 45.6 Å². The first-order chi connectivity index (χ1) is 8.18. The third-order valence-corrected chi connectivity index (χ3v) is 3.92. The maximum Gasteiger partial charge on any atom is 0.0314 e. The van der Waals surface area contributed by atoms with Gasteiger partial charge in [0.05, 0.1) is 0 Å². The molecule has 1 aromatic carbocycles. The number of nitrogens with two attached hydrogens (primary N) is 1. The van der Waals surface area contributed by atoms with Crippen LogP contribution in [0.3, 0.4) is 0 Å². The second kappa shape index (κ2) is 5.54. The first-order valence-corrected chi connectivity index (χ1v) is 6.73. The van der Waals surface area contributed by atoms with Crippen molar-refractivity contribution in [1.29, 1.82) is 0 Å². The molecule has 0 spiro atoms. The molecule has 1 saturated carbocycles. The third-order valence-electron chi connectivity index (χ3n) is 3.92. The van der Waals surface area contributed by atoms with E-state index >= 15 is 0 Å². The van der Waals surface area contributed by atoms with Gasteiger partial charge in [0.25, 0.3) is 0 Å². The summed E-state index contributed by atoms with van der Waals surface area (Å²) in [5.74, 6) is 0. The molecule has 1 fully saturated rings. The van der Waals surface area contributed by atoms with Crippen LogP contribution in [0.25, 0.3) is 0 Å². The van der Waals surface area contributed by atoms with Crippen LogP contribution < -0.4 is 11.1 Å². The minimum atomic E-state index is 0.520. The SMILES string of the molecule is CC1(CNCc2ccc(N)cc2)CCCCC1. The predicted octanol–water partition coefficient (Wildman–Crippen LogP) is 3.33. The highest BCUT2D eigenvalue weighted by Crippen LogP contribution is 2.34. The number of anilines is 1. The molecule has 0 unspecified atom stereocenters. The lowest BCUT2D eigenvalue weighted by Crippen LogP contribution is -2.33. The Morgan fingerprint density at radius 1 is 1.12 bits per heavy atom. The summed E-state index contributed by atoms with van der Waals surface area (Å²) >= 11 is 0. The third kappa shape index (κ3) is 3.74. The van der Waals surface area contributed by atoms with Gasteiger partial charge in [-0.25, -0.2) is 0 Å². The van der Waals surface area contributed by atoms with Crippen molar-refractivity contribution in [3.8, 4) is 0 Å². The zero-order valence-corrected chi connectivity index (χ0v) is 10.8. The molecule has 0 bridgehead atoms. The lowest BCUT2D eigenvalue weighted by molar-refractivity contribution is 0.207. The fourth-order valence-electron chi connectivity index (χ4n) is 2.73. The Morgan fingerprint density at radius 3 is 2.41 bits per heavy atom. The fourth-order valence-corrected chi connectivity index (χ4v) is 2.73. The van der Waals surface area contributed by atoms with E-state index in [9.17, 15) is 0 Å². The molecule has 17 heavy (non-hydrogen) atoms. The van der Waals surface area contributed by atoms with Crippen molar-refractivity contribution in [3.63, 3.8) is 0 Å². The monoisotopic (exact) mass is 232 g/mol. The predicted molar refractivity (Wildman–Crippen MR) is 73.8 cm³/mol. The molecular weight excluding hydrogens is 208 g/mol. The van der Waals surface area contributed by atoms with Crippen molar-refractivity contribution in [2.24, 2.45) is 5.41 Å². The Labute approximate surface area is 105 Å². The van der Waals surface area contributed by atoms with E-state index in [0.717, 1.165) is 18.8 Å². The van der Waals surface area contributed by atoms with Crippen LogP contribution in [0.1, 0.15) is 44.6 Å². The first-order valence-electron chi connectivity index (χ1n) is 6.73. The lowest BCUT2D eigenvalue weighted by atomic mass is 9.76. The van der Waals surface area contributed by atoms with Crippen LogP contribution in [0.4, 0.5) is 5.69 Å². The van der Waals surface area contributed by atoms with Gasteiger partial charge in [-0.2, -0.15) is 0 Å². The van der Waals surface area contributed by atoms with Gasteiger partial charge in [-0.3, -0.25) is 0 Å². The van der Waals surface area contributed by atoms with Crippen molar-refractivity contribution in [3.05, 3.63) is 29.8 Å². The van der Waals surface area contributed by atoms with Crippen LogP contribution in [0.5, 0.6) is 0 Å². The average molecular weight is 232 g/mol. The maximum absolute atomic E-state index is 5.67. The molecule has 3 N–H and O–H groups in total. The van der Waals surface area contributed by atoms with Crippen LogP contribution in [0, 0.1) is 5.41 Å². The number of hydrogen-bond donors (Lipinski definition) is 2. The van der Waals surface area contributed by atoms with Gasteiger partial charge in [0.1, 0.15) is 0 Å². The molecule has 1 aliphatic rings. The molecule has 0 saturated heterocycles. The standard InChI is InChI=1S/C15H24N2/c1-15(9-3-2-4-10-15)12-17-11-13-5-7-14(16)8-6-13/h5-8,17H,2-4,9-12,16H2,1H3. The van der Waals surface area contributed by atoms with Gasteiger partial charge in [0.15, 0.2) is 0 Å². The van der Waals surface area contributed by atoms with Gasteiger partial charge >= 0.3 is 0 Å². The summed E-state index contributed by atoms with van der Waals surface area (Å²) in [6.45, 7) is 4.51. The summed E-state index contributed by atoms with van der Waals surface area (Å²) in [6.07, 6.45) is 6.98. The van der Waals surface area contributed by atoms with E-state index in [-0.39, 0.29) is 0 Å². The van der Waals surface area contributed by atoms with E-state index in [1.807, 2.05) is 12.1 Å². The molecule has 94 valence electrons. The van der Waals surface area contributed by atoms with Crippen molar-refractivity contribution in [1.82, 2.24) is 5.32 Å². The highest BCUT2D eigenvalue weighted by atomic mass is 14.9. The van der Waals surface area contributed by atoms with Crippen LogP contribution in [-0.2, 0) is 6.54 Å². The highest BCUT2D eigenvalue weighted by molar-refractivity contribution is 5.39. The van der Waals surface area contributed by atoms with Crippen LogP contribution in [0.15, 0.2) is 24.3 Å². The van der Waals surface area contributed by atoms with Crippen LogP contribution in [-0.4, -0.2) is 6.54 Å². The van der Waals surface area contributed by atoms with Gasteiger partial charge < -0.3 is 11.1 Å². The average Bonchev–Trinajstić information content (AvgIpc) is 2.32. The molecule has 0 aliphatic heterocycles. The minimum Gasteiger partial charge on any atom is -0.399 e. The van der Waals surface area contributed by atoms with Crippen molar-refractivity contribution < 1.29 is 0 Å². The zero-order chi connectivity index (χ0) is 12.1. The summed E-state index contributed by atoms with van der Waals surface area (Å²) in [6, 6.07) is 8.15. The Bertz CT molecular complexity index is 336. The molecule has 2 heteroatoms. The topological polar surface area (TPSA) is 38.0 Å². The van der Waals surface area contributed by atoms with Gasteiger partial charge in [0, 0.05) is 18.8 Å². The second-order valence-electron chi connectivity index (χ2n) is 5.72. The number of rotatable bonds is 4. The maximum atomic E-state index is 5.67. The quantitative estimate of drug-likeness (QED) is 0.781. The van der Waals surface area contributed by atoms with Gasteiger partial charge in [-0.1, -0.05) is 38.3 Å². The zero-order valence-electron chi connectivity index (χ0n) is 10.8. The Hall–Kier alpha value is -1.02. The molecule has 2 nitrogen and oxygen atoms in total. The van der Waals surface area contributed by atoms with Crippen molar-refractivity contribution >= 4 is 5.69 Å². The van der Waals surface area contributed by atoms with Gasteiger partial charge in [0.2, 0.25) is 0 Å². The molecule has 1 aromatic rings. The molecule has 0 amide bonds. The summed E-state index contributed by atoms with van der Waals surface area (Å²) in [7, 11) is 0. The summed E-state index contributed by atoms with van der Waals surface area (Å²) in [5, 5.41) is 3.59. The lowest BCUT2D eigenvalue weighted by Gasteiger charge is -2.33. The molecule has 0 radical (unpaired) electrons. The molecule has 2 rings (SSSR count). The highest BCUT2D eigenvalue weighted by Gasteiger charge is 2.25. The largest absolute Gasteiger partial charge is 0.399 e. The normalized spacial score (nSPS) is 19.1. The second-order valence-corrected chi connectivity index (χ2v) is 5.72. The Balaban J connectivity index is 1.77. The van der Waals surface area contributed by atoms with Crippen LogP contribution >= 0.6 is 0 Å². The molecule has 0 heterocycles. The first kappa shape index (κ1) is 12.4. The molecule has 0 aromatic heterocycles. The van der Waals surface area contributed by atoms with E-state index < -0.39 is 0 Å². The van der Waals surface area contributed by atoms with E-state index in [0.29, 0.717) is 5.41 Å². The Kier molecular flexibility index (Phi) is 4.06. The summed E-state index contributed by atoms with van der Waals surface area (Å²) in [4.78, 5) is 0. The molecule has 1 aliphatic carbocycles. The number of benzene rings is 1. The Morgan fingerprint density at radius 2 is 1.76 bits per heavy atom. The van der Waals surface area contributed by atoms with E-state index in [1.54, 1.807) is 0 Å². The number of nitrogens with one attached hydrogen (secondary N) is 1. The van der Waals surface area contributed by atoms with Crippen molar-refractivity contribution in [2.75, 3.05) is 12.3 Å².